The smallest absolute Gasteiger partial charge is 0.234 e. The van der Waals surface area contributed by atoms with Crippen molar-refractivity contribution in [3.8, 4) is 5.75 Å². The predicted octanol–water partition coefficient (Wildman–Crippen LogP) is 0.625. The molecule has 0 unspecified atom stereocenters. The second-order valence-corrected chi connectivity index (χ2v) is 5.54. The van der Waals surface area contributed by atoms with Gasteiger partial charge in [0, 0.05) is 6.54 Å². The van der Waals surface area contributed by atoms with Gasteiger partial charge in [-0.2, -0.15) is 0 Å². The lowest BCUT2D eigenvalue weighted by atomic mass is 10.2. The molecule has 3 N–H and O–H groups in total. The van der Waals surface area contributed by atoms with Gasteiger partial charge >= 0.3 is 0 Å². The maximum Gasteiger partial charge on any atom is 0.234 e. The highest BCUT2D eigenvalue weighted by atomic mass is 16.5. The normalized spacial score (nSPS) is 10.7. The molecule has 22 heavy (non-hydrogen) atoms. The number of ether oxygens (including phenoxy) is 1. The van der Waals surface area contributed by atoms with Gasteiger partial charge in [-0.15, -0.1) is 0 Å². The molecule has 0 bridgehead atoms. The summed E-state index contributed by atoms with van der Waals surface area (Å²) in [6.45, 7) is 5.77. The number of amides is 2. The van der Waals surface area contributed by atoms with E-state index >= 15 is 0 Å². The van der Waals surface area contributed by atoms with Crippen LogP contribution in [-0.2, 0) is 9.59 Å². The Morgan fingerprint density at radius 2 is 1.91 bits per heavy atom. The number of carbonyl (C=O) groups is 2. The van der Waals surface area contributed by atoms with E-state index in [-0.39, 0.29) is 19.0 Å². The fraction of sp³-hybridized carbons (Fsp3) is 0.500. The van der Waals surface area contributed by atoms with Crippen LogP contribution in [0.1, 0.15) is 13.8 Å². The van der Waals surface area contributed by atoms with Crippen molar-refractivity contribution in [3.63, 3.8) is 0 Å². The van der Waals surface area contributed by atoms with Crippen LogP contribution >= 0.6 is 0 Å². The van der Waals surface area contributed by atoms with Crippen LogP contribution < -0.4 is 15.8 Å². The molecule has 0 aliphatic heterocycles. The first kappa shape index (κ1) is 18.0. The molecular formula is C16H25N3O3. The first-order valence-corrected chi connectivity index (χ1v) is 7.42. The van der Waals surface area contributed by atoms with Gasteiger partial charge in [0.05, 0.1) is 19.6 Å². The highest BCUT2D eigenvalue weighted by Gasteiger charge is 2.14. The SMILES string of the molecule is CC(C)CN(CC(N)=O)CC(=O)NCCOc1ccccc1. The van der Waals surface area contributed by atoms with E-state index < -0.39 is 5.91 Å². The molecule has 1 aromatic carbocycles. The predicted molar refractivity (Wildman–Crippen MR) is 85.4 cm³/mol. The molecule has 0 saturated heterocycles. The lowest BCUT2D eigenvalue weighted by Gasteiger charge is -2.22. The highest BCUT2D eigenvalue weighted by Crippen LogP contribution is 2.07. The van der Waals surface area contributed by atoms with Crippen LogP contribution in [0.25, 0.3) is 0 Å². The third-order valence-electron chi connectivity index (χ3n) is 2.81. The van der Waals surface area contributed by atoms with Gasteiger partial charge in [-0.25, -0.2) is 0 Å². The molecule has 0 saturated carbocycles. The van der Waals surface area contributed by atoms with Gasteiger partial charge in [0.2, 0.25) is 11.8 Å². The number of hydrogen-bond acceptors (Lipinski definition) is 4. The van der Waals surface area contributed by atoms with Crippen molar-refractivity contribution in [2.24, 2.45) is 11.7 Å². The van der Waals surface area contributed by atoms with Crippen LogP contribution in [0.15, 0.2) is 30.3 Å². The summed E-state index contributed by atoms with van der Waals surface area (Å²) in [6.07, 6.45) is 0. The van der Waals surface area contributed by atoms with Crippen LogP contribution in [0.2, 0.25) is 0 Å². The fourth-order valence-corrected chi connectivity index (χ4v) is 2.06. The lowest BCUT2D eigenvalue weighted by molar-refractivity contribution is -0.124. The fourth-order valence-electron chi connectivity index (χ4n) is 2.06. The summed E-state index contributed by atoms with van der Waals surface area (Å²) >= 11 is 0. The molecule has 0 aliphatic carbocycles. The minimum Gasteiger partial charge on any atom is -0.492 e. The number of hydrogen-bond donors (Lipinski definition) is 2. The Kier molecular flexibility index (Phi) is 7.99. The van der Waals surface area contributed by atoms with Crippen molar-refractivity contribution in [2.45, 2.75) is 13.8 Å². The van der Waals surface area contributed by atoms with E-state index in [9.17, 15) is 9.59 Å². The van der Waals surface area contributed by atoms with E-state index in [4.69, 9.17) is 10.5 Å². The number of nitrogens with one attached hydrogen (secondary N) is 1. The van der Waals surface area contributed by atoms with Gasteiger partial charge in [0.1, 0.15) is 12.4 Å². The third-order valence-corrected chi connectivity index (χ3v) is 2.81. The minimum absolute atomic E-state index is 0.0894. The van der Waals surface area contributed by atoms with Gasteiger partial charge in [-0.3, -0.25) is 14.5 Å². The standard InChI is InChI=1S/C16H25N3O3/c1-13(2)10-19(11-15(17)20)12-16(21)18-8-9-22-14-6-4-3-5-7-14/h3-7,13H,8-12H2,1-2H3,(H2,17,20)(H,18,21). The maximum absolute atomic E-state index is 11.9. The summed E-state index contributed by atoms with van der Waals surface area (Å²) in [4.78, 5) is 24.6. The number of benzene rings is 1. The Morgan fingerprint density at radius 1 is 1.23 bits per heavy atom. The molecular weight excluding hydrogens is 282 g/mol. The summed E-state index contributed by atoms with van der Waals surface area (Å²) in [5, 5.41) is 2.77. The quantitative estimate of drug-likeness (QED) is 0.621. The second kappa shape index (κ2) is 9.78. The van der Waals surface area contributed by atoms with Crippen LogP contribution in [0.4, 0.5) is 0 Å². The lowest BCUT2D eigenvalue weighted by Crippen LogP contribution is -2.43. The number of carbonyl (C=O) groups excluding carboxylic acids is 2. The van der Waals surface area contributed by atoms with E-state index in [1.807, 2.05) is 44.2 Å². The number of primary amides is 1. The van der Waals surface area contributed by atoms with Crippen molar-refractivity contribution < 1.29 is 14.3 Å². The summed E-state index contributed by atoms with van der Waals surface area (Å²) < 4.78 is 5.49. The number of rotatable bonds is 10. The van der Waals surface area contributed by atoms with Gasteiger partial charge in [-0.1, -0.05) is 32.0 Å². The molecule has 0 fully saturated rings. The summed E-state index contributed by atoms with van der Waals surface area (Å²) in [5.74, 6) is 0.555. The molecule has 2 amide bonds. The largest absolute Gasteiger partial charge is 0.492 e. The van der Waals surface area contributed by atoms with E-state index in [0.29, 0.717) is 25.6 Å². The molecule has 0 radical (unpaired) electrons. The molecule has 1 rings (SSSR count). The second-order valence-electron chi connectivity index (χ2n) is 5.54. The van der Waals surface area contributed by atoms with Gasteiger partial charge in [0.15, 0.2) is 0 Å². The molecule has 0 spiro atoms. The average Bonchev–Trinajstić information content (AvgIpc) is 2.43. The number of nitrogens with two attached hydrogens (primary N) is 1. The van der Waals surface area contributed by atoms with E-state index in [0.717, 1.165) is 5.75 Å². The molecule has 1 aromatic rings. The zero-order chi connectivity index (χ0) is 16.4. The Bertz CT molecular complexity index is 463. The monoisotopic (exact) mass is 307 g/mol. The van der Waals surface area contributed by atoms with Gasteiger partial charge in [-0.05, 0) is 18.1 Å². The van der Waals surface area contributed by atoms with Crippen LogP contribution in [0.5, 0.6) is 5.75 Å². The topological polar surface area (TPSA) is 84.7 Å². The Morgan fingerprint density at radius 3 is 2.50 bits per heavy atom. The van der Waals surface area contributed by atoms with E-state index in [2.05, 4.69) is 5.32 Å². The third kappa shape index (κ3) is 8.26. The van der Waals surface area contributed by atoms with Crippen molar-refractivity contribution in [3.05, 3.63) is 30.3 Å². The van der Waals surface area contributed by atoms with Crippen molar-refractivity contribution in [2.75, 3.05) is 32.8 Å². The summed E-state index contributed by atoms with van der Waals surface area (Å²) in [7, 11) is 0. The summed E-state index contributed by atoms with van der Waals surface area (Å²) in [5.41, 5.74) is 5.20. The molecule has 0 atom stereocenters. The first-order valence-electron chi connectivity index (χ1n) is 7.42. The molecule has 0 heterocycles. The number of nitrogens with zero attached hydrogens (tertiary/aromatic N) is 1. The van der Waals surface area contributed by atoms with Crippen molar-refractivity contribution in [1.29, 1.82) is 0 Å². The van der Waals surface area contributed by atoms with Crippen LogP contribution in [-0.4, -0.2) is 49.5 Å². The molecule has 122 valence electrons. The maximum atomic E-state index is 11.9. The Labute approximate surface area is 131 Å². The Balaban J connectivity index is 2.26. The minimum atomic E-state index is -0.430. The van der Waals surface area contributed by atoms with Crippen LogP contribution in [0.3, 0.4) is 0 Å². The van der Waals surface area contributed by atoms with Crippen molar-refractivity contribution in [1.82, 2.24) is 10.2 Å². The van der Waals surface area contributed by atoms with Crippen LogP contribution in [0, 0.1) is 5.92 Å². The average molecular weight is 307 g/mol. The highest BCUT2D eigenvalue weighted by molar-refractivity contribution is 5.80. The molecule has 0 aliphatic rings. The number of para-hydroxylation sites is 1. The summed E-state index contributed by atoms with van der Waals surface area (Å²) in [6, 6.07) is 9.41. The van der Waals surface area contributed by atoms with Crippen molar-refractivity contribution >= 4 is 11.8 Å². The molecule has 6 heteroatoms. The molecule has 6 nitrogen and oxygen atoms in total. The van der Waals surface area contributed by atoms with E-state index in [1.54, 1.807) is 4.90 Å². The molecule has 0 aromatic heterocycles. The zero-order valence-corrected chi connectivity index (χ0v) is 13.2. The van der Waals surface area contributed by atoms with Gasteiger partial charge < -0.3 is 15.8 Å². The zero-order valence-electron chi connectivity index (χ0n) is 13.2. The van der Waals surface area contributed by atoms with E-state index in [1.165, 1.54) is 0 Å². The first-order chi connectivity index (χ1) is 10.5. The van der Waals surface area contributed by atoms with Gasteiger partial charge in [0.25, 0.3) is 0 Å². The Hall–Kier alpha value is -2.08.